The fraction of sp³-hybridized carbons (Fsp3) is 0.200. The van der Waals surface area contributed by atoms with Crippen molar-refractivity contribution in [2.75, 3.05) is 7.11 Å². The van der Waals surface area contributed by atoms with Crippen LogP contribution in [-0.4, -0.2) is 30.0 Å². The smallest absolute Gasteiger partial charge is 0.447 e. The topological polar surface area (TPSA) is 98.6 Å². The number of rotatable bonds is 3. The Morgan fingerprint density at radius 1 is 1.54 bits per heavy atom. The summed E-state index contributed by atoms with van der Waals surface area (Å²) in [4.78, 5) is 7.08. The molecule has 0 aliphatic carbocycles. The molecule has 0 saturated carbocycles. The van der Waals surface area contributed by atoms with Crippen LogP contribution < -0.4 is 8.92 Å². The van der Waals surface area contributed by atoms with Gasteiger partial charge in [0.15, 0.2) is 0 Å². The maximum absolute atomic E-state index is 10.2. The highest BCUT2D eigenvalue weighted by Gasteiger charge is 2.08. The molecular weight excluding hydrogens is 200 g/mol. The number of methoxy groups -OCH3 is 1. The fourth-order valence-corrected chi connectivity index (χ4v) is 0.886. The molecular formula is C5H6N2O5S. The van der Waals surface area contributed by atoms with E-state index in [-0.39, 0.29) is 11.9 Å². The van der Waals surface area contributed by atoms with Gasteiger partial charge >= 0.3 is 16.4 Å². The van der Waals surface area contributed by atoms with Crippen LogP contribution in [0.5, 0.6) is 11.9 Å². The molecule has 8 heteroatoms. The average Bonchev–Trinajstić information content (AvgIpc) is 2.01. The van der Waals surface area contributed by atoms with Crippen molar-refractivity contribution in [1.29, 1.82) is 0 Å². The van der Waals surface area contributed by atoms with E-state index in [0.29, 0.717) is 0 Å². The number of hydrogen-bond acceptors (Lipinski definition) is 6. The molecule has 0 amide bonds. The lowest BCUT2D eigenvalue weighted by molar-refractivity contribution is 0.358. The molecule has 0 radical (unpaired) electrons. The summed E-state index contributed by atoms with van der Waals surface area (Å²) in [6.07, 6.45) is 1.23. The van der Waals surface area contributed by atoms with Gasteiger partial charge in [-0.2, -0.15) is 13.4 Å². The lowest BCUT2D eigenvalue weighted by Gasteiger charge is -2.00. The summed E-state index contributed by atoms with van der Waals surface area (Å²) in [5.74, 6) is -0.311. The summed E-state index contributed by atoms with van der Waals surface area (Å²) in [5.41, 5.74) is 0. The molecule has 1 N–H and O–H groups in total. The Morgan fingerprint density at radius 3 is 2.77 bits per heavy atom. The normalized spacial score (nSPS) is 10.9. The molecule has 0 aromatic carbocycles. The molecule has 0 atom stereocenters. The Bertz CT molecular complexity index is 390. The largest absolute Gasteiger partial charge is 0.467 e. The summed E-state index contributed by atoms with van der Waals surface area (Å²) in [5, 5.41) is 0. The zero-order chi connectivity index (χ0) is 9.90. The van der Waals surface area contributed by atoms with Gasteiger partial charge in [-0.15, -0.1) is 0 Å². The zero-order valence-electron chi connectivity index (χ0n) is 6.54. The molecule has 0 fully saturated rings. The Hall–Kier alpha value is -1.41. The van der Waals surface area contributed by atoms with Crippen LogP contribution in [0, 0.1) is 0 Å². The molecule has 7 nitrogen and oxygen atoms in total. The molecule has 0 spiro atoms. The van der Waals surface area contributed by atoms with E-state index in [1.54, 1.807) is 0 Å². The molecule has 1 aromatic heterocycles. The second-order valence-electron chi connectivity index (χ2n) is 1.89. The van der Waals surface area contributed by atoms with Gasteiger partial charge in [-0.05, 0) is 0 Å². The highest BCUT2D eigenvalue weighted by molar-refractivity contribution is 7.81. The first-order chi connectivity index (χ1) is 6.01. The standard InChI is InChI=1S/C5H6N2O5S/c1-11-5-6-3-2-4(7-5)12-13(8,9)10/h2-3H,1H3,(H,8,9,10). The van der Waals surface area contributed by atoms with Gasteiger partial charge in [0.05, 0.1) is 7.11 Å². The second kappa shape index (κ2) is 3.54. The number of ether oxygens (including phenoxy) is 1. The summed E-state index contributed by atoms with van der Waals surface area (Å²) in [6.45, 7) is 0. The SMILES string of the molecule is COc1nccc(OS(=O)(=O)O)n1. The van der Waals surface area contributed by atoms with Crippen LogP contribution in [0.1, 0.15) is 0 Å². The van der Waals surface area contributed by atoms with Gasteiger partial charge in [-0.1, -0.05) is 0 Å². The molecule has 0 bridgehead atoms. The van der Waals surface area contributed by atoms with Crippen molar-refractivity contribution >= 4 is 10.4 Å². The molecule has 1 rings (SSSR count). The predicted molar refractivity (Wildman–Crippen MR) is 40.8 cm³/mol. The highest BCUT2D eigenvalue weighted by Crippen LogP contribution is 2.10. The van der Waals surface area contributed by atoms with Crippen molar-refractivity contribution < 1.29 is 21.9 Å². The fourth-order valence-electron chi connectivity index (χ4n) is 0.578. The number of aromatic nitrogens is 2. The van der Waals surface area contributed by atoms with Gasteiger partial charge in [0.25, 0.3) is 0 Å². The lowest BCUT2D eigenvalue weighted by Crippen LogP contribution is -2.08. The molecule has 72 valence electrons. The number of hydrogen-bond donors (Lipinski definition) is 1. The van der Waals surface area contributed by atoms with E-state index in [4.69, 9.17) is 4.55 Å². The van der Waals surface area contributed by atoms with Crippen LogP contribution >= 0.6 is 0 Å². The van der Waals surface area contributed by atoms with E-state index in [2.05, 4.69) is 18.9 Å². The molecule has 0 aliphatic rings. The minimum atomic E-state index is -4.55. The van der Waals surface area contributed by atoms with Gasteiger partial charge in [-0.25, -0.2) is 4.98 Å². The van der Waals surface area contributed by atoms with E-state index < -0.39 is 10.4 Å². The first kappa shape index (κ1) is 9.68. The first-order valence-electron chi connectivity index (χ1n) is 3.05. The summed E-state index contributed by atoms with van der Waals surface area (Å²) in [7, 11) is -3.24. The van der Waals surface area contributed by atoms with Crippen LogP contribution in [0.25, 0.3) is 0 Å². The average molecular weight is 206 g/mol. The van der Waals surface area contributed by atoms with Crippen LogP contribution in [0.15, 0.2) is 12.3 Å². The monoisotopic (exact) mass is 206 g/mol. The lowest BCUT2D eigenvalue weighted by atomic mass is 10.6. The number of nitrogens with zero attached hydrogens (tertiary/aromatic N) is 2. The first-order valence-corrected chi connectivity index (χ1v) is 4.42. The van der Waals surface area contributed by atoms with Crippen LogP contribution in [0.2, 0.25) is 0 Å². The van der Waals surface area contributed by atoms with Gasteiger partial charge in [-0.3, -0.25) is 4.55 Å². The van der Waals surface area contributed by atoms with E-state index in [9.17, 15) is 8.42 Å². The molecule has 0 saturated heterocycles. The molecule has 1 aromatic rings. The van der Waals surface area contributed by atoms with Crippen molar-refractivity contribution in [3.63, 3.8) is 0 Å². The third kappa shape index (κ3) is 3.22. The highest BCUT2D eigenvalue weighted by atomic mass is 32.3. The minimum Gasteiger partial charge on any atom is -0.467 e. The Labute approximate surface area is 74.3 Å². The van der Waals surface area contributed by atoms with Gasteiger partial charge in [0, 0.05) is 12.3 Å². The Kier molecular flexibility index (Phi) is 2.63. The molecule has 0 unspecified atom stereocenters. The van der Waals surface area contributed by atoms with Crippen molar-refractivity contribution in [1.82, 2.24) is 9.97 Å². The Morgan fingerprint density at radius 2 is 2.23 bits per heavy atom. The van der Waals surface area contributed by atoms with E-state index in [1.165, 1.54) is 13.3 Å². The Balaban J connectivity index is 2.90. The molecule has 1 heterocycles. The van der Waals surface area contributed by atoms with Gasteiger partial charge < -0.3 is 8.92 Å². The predicted octanol–water partition coefficient (Wildman–Crippen LogP) is -0.333. The van der Waals surface area contributed by atoms with Crippen molar-refractivity contribution in [3.05, 3.63) is 12.3 Å². The van der Waals surface area contributed by atoms with Crippen molar-refractivity contribution in [3.8, 4) is 11.9 Å². The molecule has 13 heavy (non-hydrogen) atoms. The summed E-state index contributed by atoms with van der Waals surface area (Å²) < 4.78 is 37.4. The van der Waals surface area contributed by atoms with E-state index >= 15 is 0 Å². The van der Waals surface area contributed by atoms with E-state index in [0.717, 1.165) is 6.07 Å². The summed E-state index contributed by atoms with van der Waals surface area (Å²) >= 11 is 0. The van der Waals surface area contributed by atoms with E-state index in [1.807, 2.05) is 0 Å². The molecule has 0 aliphatic heterocycles. The van der Waals surface area contributed by atoms with Crippen LogP contribution in [0.4, 0.5) is 0 Å². The third-order valence-electron chi connectivity index (χ3n) is 0.981. The van der Waals surface area contributed by atoms with Gasteiger partial charge in [0.2, 0.25) is 5.88 Å². The third-order valence-corrected chi connectivity index (χ3v) is 1.36. The quantitative estimate of drug-likeness (QED) is 0.675. The van der Waals surface area contributed by atoms with Crippen LogP contribution in [-0.2, 0) is 10.4 Å². The zero-order valence-corrected chi connectivity index (χ0v) is 7.35. The van der Waals surface area contributed by atoms with Crippen LogP contribution in [0.3, 0.4) is 0 Å². The second-order valence-corrected chi connectivity index (χ2v) is 2.91. The maximum atomic E-state index is 10.2. The summed E-state index contributed by atoms with van der Waals surface area (Å²) in [6, 6.07) is 1.11. The van der Waals surface area contributed by atoms with Crippen molar-refractivity contribution in [2.45, 2.75) is 0 Å². The maximum Gasteiger partial charge on any atom is 0.447 e. The van der Waals surface area contributed by atoms with Gasteiger partial charge in [0.1, 0.15) is 0 Å². The van der Waals surface area contributed by atoms with Crippen molar-refractivity contribution in [2.24, 2.45) is 0 Å². The minimum absolute atomic E-state index is 0.0545.